The molecule has 138 valence electrons. The number of aromatic carboxylic acids is 1. The molecule has 1 amide bonds. The molecule has 0 aliphatic rings. The number of benzene rings is 1. The van der Waals surface area contributed by atoms with Gasteiger partial charge in [0.25, 0.3) is 5.91 Å². The summed E-state index contributed by atoms with van der Waals surface area (Å²) < 4.78 is 10.6. The number of amides is 1. The Morgan fingerprint density at radius 1 is 1.12 bits per heavy atom. The van der Waals surface area contributed by atoms with Crippen LogP contribution in [0.4, 0.5) is 0 Å². The van der Waals surface area contributed by atoms with Crippen LogP contribution in [-0.4, -0.2) is 48.1 Å². The number of ether oxygens (including phenoxy) is 2. The Balaban J connectivity index is 2.24. The van der Waals surface area contributed by atoms with Crippen molar-refractivity contribution in [3.8, 4) is 11.5 Å². The Morgan fingerprint density at radius 2 is 1.73 bits per heavy atom. The maximum absolute atomic E-state index is 12.6. The van der Waals surface area contributed by atoms with Crippen molar-refractivity contribution in [1.82, 2.24) is 9.88 Å². The first-order valence-corrected chi connectivity index (χ1v) is 7.96. The fraction of sp³-hybridized carbons (Fsp3) is 0.316. The quantitative estimate of drug-likeness (QED) is 0.854. The molecular formula is C19H22N2O5. The van der Waals surface area contributed by atoms with E-state index < -0.39 is 5.97 Å². The molecule has 26 heavy (non-hydrogen) atoms. The van der Waals surface area contributed by atoms with Crippen LogP contribution in [0.1, 0.15) is 37.7 Å². The van der Waals surface area contributed by atoms with E-state index in [9.17, 15) is 9.59 Å². The Hall–Kier alpha value is -3.09. The zero-order valence-electron chi connectivity index (χ0n) is 15.5. The smallest absolute Gasteiger partial charge is 0.337 e. The summed E-state index contributed by atoms with van der Waals surface area (Å²) in [6.07, 6.45) is 0. The zero-order valence-corrected chi connectivity index (χ0v) is 15.5. The molecule has 7 nitrogen and oxygen atoms in total. The van der Waals surface area contributed by atoms with Crippen molar-refractivity contribution in [2.75, 3.05) is 21.3 Å². The number of pyridine rings is 1. The van der Waals surface area contributed by atoms with E-state index in [0.29, 0.717) is 23.7 Å². The summed E-state index contributed by atoms with van der Waals surface area (Å²) in [5.41, 5.74) is 2.47. The van der Waals surface area contributed by atoms with Crippen molar-refractivity contribution >= 4 is 11.9 Å². The van der Waals surface area contributed by atoms with Crippen LogP contribution in [0.3, 0.4) is 0 Å². The van der Waals surface area contributed by atoms with Gasteiger partial charge in [-0.25, -0.2) is 9.78 Å². The van der Waals surface area contributed by atoms with E-state index in [1.165, 1.54) is 17.0 Å². The maximum atomic E-state index is 12.6. The predicted molar refractivity (Wildman–Crippen MR) is 96.0 cm³/mol. The minimum Gasteiger partial charge on any atom is -0.493 e. The van der Waals surface area contributed by atoms with Gasteiger partial charge in [-0.05, 0) is 49.2 Å². The molecular weight excluding hydrogens is 336 g/mol. The van der Waals surface area contributed by atoms with Gasteiger partial charge in [0.15, 0.2) is 11.5 Å². The van der Waals surface area contributed by atoms with Gasteiger partial charge in [-0.2, -0.15) is 0 Å². The highest BCUT2D eigenvalue weighted by atomic mass is 16.5. The third-order valence-corrected chi connectivity index (χ3v) is 4.13. The van der Waals surface area contributed by atoms with E-state index in [0.717, 1.165) is 11.1 Å². The van der Waals surface area contributed by atoms with Crippen LogP contribution < -0.4 is 9.47 Å². The summed E-state index contributed by atoms with van der Waals surface area (Å²) in [5.74, 6) is -0.138. The van der Waals surface area contributed by atoms with Gasteiger partial charge in [0.2, 0.25) is 0 Å². The largest absolute Gasteiger partial charge is 0.493 e. The predicted octanol–water partition coefficient (Wildman–Crippen LogP) is 2.69. The Morgan fingerprint density at radius 3 is 2.27 bits per heavy atom. The molecule has 0 saturated carbocycles. The number of carboxylic acids is 1. The molecule has 1 aromatic carbocycles. The Kier molecular flexibility index (Phi) is 5.82. The first kappa shape index (κ1) is 19.2. The molecule has 0 spiro atoms. The van der Waals surface area contributed by atoms with E-state index in [2.05, 4.69) is 4.98 Å². The second-order valence-electron chi connectivity index (χ2n) is 5.93. The molecule has 0 fully saturated rings. The fourth-order valence-corrected chi connectivity index (χ4v) is 2.62. The number of methoxy groups -OCH3 is 2. The zero-order chi connectivity index (χ0) is 19.4. The number of aryl methyl sites for hydroxylation is 2. The van der Waals surface area contributed by atoms with Crippen LogP contribution >= 0.6 is 0 Å². The van der Waals surface area contributed by atoms with Crippen molar-refractivity contribution in [1.29, 1.82) is 0 Å². The monoisotopic (exact) mass is 358 g/mol. The van der Waals surface area contributed by atoms with E-state index >= 15 is 0 Å². The highest BCUT2D eigenvalue weighted by Gasteiger charge is 2.18. The number of aromatic nitrogens is 1. The molecule has 0 aliphatic heterocycles. The van der Waals surface area contributed by atoms with Crippen LogP contribution in [0.5, 0.6) is 11.5 Å². The average Bonchev–Trinajstić information content (AvgIpc) is 2.61. The summed E-state index contributed by atoms with van der Waals surface area (Å²) in [5, 5.41) is 9.06. The van der Waals surface area contributed by atoms with Gasteiger partial charge < -0.3 is 19.5 Å². The number of hydrogen-bond donors (Lipinski definition) is 1. The van der Waals surface area contributed by atoms with Crippen molar-refractivity contribution in [3.63, 3.8) is 0 Å². The van der Waals surface area contributed by atoms with Gasteiger partial charge in [-0.3, -0.25) is 4.79 Å². The minimum atomic E-state index is -1.07. The van der Waals surface area contributed by atoms with Gasteiger partial charge >= 0.3 is 5.97 Å². The van der Waals surface area contributed by atoms with Crippen molar-refractivity contribution in [3.05, 3.63) is 52.3 Å². The lowest BCUT2D eigenvalue weighted by Crippen LogP contribution is -2.27. The van der Waals surface area contributed by atoms with Crippen LogP contribution in [0.15, 0.2) is 24.3 Å². The molecule has 0 aliphatic carbocycles. The van der Waals surface area contributed by atoms with Crippen LogP contribution in [0.2, 0.25) is 0 Å². The molecule has 1 N–H and O–H groups in total. The standard InChI is InChI=1S/C19H22N2O5/c1-11-8-16(25-4)17(26-5)9-13(11)10-21(3)18(22)15-7-6-14(19(23)24)12(2)20-15/h6-9H,10H2,1-5H3,(H,23,24). The molecule has 0 unspecified atom stereocenters. The van der Waals surface area contributed by atoms with Crippen LogP contribution in [0, 0.1) is 13.8 Å². The number of nitrogens with zero attached hydrogens (tertiary/aromatic N) is 2. The molecule has 0 saturated heterocycles. The third-order valence-electron chi connectivity index (χ3n) is 4.13. The van der Waals surface area contributed by atoms with E-state index in [1.54, 1.807) is 28.2 Å². The van der Waals surface area contributed by atoms with Gasteiger partial charge in [-0.1, -0.05) is 0 Å². The first-order valence-electron chi connectivity index (χ1n) is 7.96. The molecule has 0 radical (unpaired) electrons. The second kappa shape index (κ2) is 7.86. The van der Waals surface area contributed by atoms with Crippen molar-refractivity contribution in [2.45, 2.75) is 20.4 Å². The Labute approximate surface area is 152 Å². The lowest BCUT2D eigenvalue weighted by molar-refractivity contribution is 0.0693. The van der Waals surface area contributed by atoms with E-state index in [4.69, 9.17) is 14.6 Å². The highest BCUT2D eigenvalue weighted by molar-refractivity contribution is 5.94. The Bertz CT molecular complexity index is 848. The SMILES string of the molecule is COc1cc(C)c(CN(C)C(=O)c2ccc(C(=O)O)c(C)n2)cc1OC. The molecule has 1 heterocycles. The highest BCUT2D eigenvalue weighted by Crippen LogP contribution is 2.30. The maximum Gasteiger partial charge on any atom is 0.337 e. The summed E-state index contributed by atoms with van der Waals surface area (Å²) >= 11 is 0. The van der Waals surface area contributed by atoms with E-state index in [-0.39, 0.29) is 17.2 Å². The van der Waals surface area contributed by atoms with Crippen molar-refractivity contribution < 1.29 is 24.2 Å². The first-order chi connectivity index (χ1) is 12.3. The van der Waals surface area contributed by atoms with Gasteiger partial charge in [0.05, 0.1) is 25.5 Å². The molecule has 0 bridgehead atoms. The normalized spacial score (nSPS) is 10.3. The summed E-state index contributed by atoms with van der Waals surface area (Å²) in [6, 6.07) is 6.52. The topological polar surface area (TPSA) is 89.0 Å². The summed E-state index contributed by atoms with van der Waals surface area (Å²) in [4.78, 5) is 29.4. The van der Waals surface area contributed by atoms with Crippen molar-refractivity contribution in [2.24, 2.45) is 0 Å². The number of rotatable bonds is 6. The number of carbonyl (C=O) groups excluding carboxylic acids is 1. The van der Waals surface area contributed by atoms with Gasteiger partial charge in [0.1, 0.15) is 5.69 Å². The van der Waals surface area contributed by atoms with Gasteiger partial charge in [0, 0.05) is 13.6 Å². The average molecular weight is 358 g/mol. The third kappa shape index (κ3) is 3.93. The number of carbonyl (C=O) groups is 2. The van der Waals surface area contributed by atoms with Crippen LogP contribution in [-0.2, 0) is 6.54 Å². The number of hydrogen-bond acceptors (Lipinski definition) is 5. The summed E-state index contributed by atoms with van der Waals surface area (Å²) in [6.45, 7) is 3.85. The fourth-order valence-electron chi connectivity index (χ4n) is 2.62. The molecule has 7 heteroatoms. The van der Waals surface area contributed by atoms with Crippen LogP contribution in [0.25, 0.3) is 0 Å². The van der Waals surface area contributed by atoms with E-state index in [1.807, 2.05) is 19.1 Å². The summed E-state index contributed by atoms with van der Waals surface area (Å²) in [7, 11) is 4.80. The second-order valence-corrected chi connectivity index (χ2v) is 5.93. The van der Waals surface area contributed by atoms with Gasteiger partial charge in [-0.15, -0.1) is 0 Å². The molecule has 1 aromatic heterocycles. The number of carboxylic acid groups (broad SMARTS) is 1. The molecule has 0 atom stereocenters. The lowest BCUT2D eigenvalue weighted by atomic mass is 10.1. The molecule has 2 rings (SSSR count). The lowest BCUT2D eigenvalue weighted by Gasteiger charge is -2.20. The minimum absolute atomic E-state index is 0.0833. The molecule has 2 aromatic rings.